The lowest BCUT2D eigenvalue weighted by molar-refractivity contribution is -0.138. The highest BCUT2D eigenvalue weighted by atomic mass is 16.4. The molecule has 0 saturated carbocycles. The highest BCUT2D eigenvalue weighted by Crippen LogP contribution is 2.18. The first-order valence-electron chi connectivity index (χ1n) is 4.69. The van der Waals surface area contributed by atoms with E-state index in [9.17, 15) is 4.79 Å². The second-order valence-corrected chi connectivity index (χ2v) is 3.91. The van der Waals surface area contributed by atoms with Crippen LogP contribution in [0.3, 0.4) is 0 Å². The van der Waals surface area contributed by atoms with Gasteiger partial charge in [0.2, 0.25) is 0 Å². The third-order valence-electron chi connectivity index (χ3n) is 2.59. The lowest BCUT2D eigenvalue weighted by atomic mass is 9.92. The van der Waals surface area contributed by atoms with Crippen molar-refractivity contribution in [2.45, 2.75) is 18.9 Å². The molecule has 1 aliphatic rings. The summed E-state index contributed by atoms with van der Waals surface area (Å²) in [7, 11) is 3.97. The van der Waals surface area contributed by atoms with E-state index in [4.69, 9.17) is 5.11 Å². The molecular weight excluding hydrogens is 168 g/mol. The lowest BCUT2D eigenvalue weighted by Crippen LogP contribution is -2.46. The van der Waals surface area contributed by atoms with Gasteiger partial charge < -0.3 is 15.3 Å². The monoisotopic (exact) mass is 186 g/mol. The van der Waals surface area contributed by atoms with Crippen LogP contribution >= 0.6 is 0 Å². The first kappa shape index (κ1) is 10.5. The standard InChI is InChI=1S/C9H18N2O2/c1-10-8-3-7(4-9(12)13)5-11(2)6-8/h7-8,10H,3-6H2,1-2H3,(H,12,13). The van der Waals surface area contributed by atoms with Gasteiger partial charge in [0.25, 0.3) is 0 Å². The minimum Gasteiger partial charge on any atom is -0.481 e. The van der Waals surface area contributed by atoms with Crippen LogP contribution in [0.5, 0.6) is 0 Å². The van der Waals surface area contributed by atoms with Gasteiger partial charge in [-0.05, 0) is 26.4 Å². The van der Waals surface area contributed by atoms with E-state index in [0.717, 1.165) is 19.5 Å². The smallest absolute Gasteiger partial charge is 0.303 e. The largest absolute Gasteiger partial charge is 0.481 e. The fourth-order valence-corrected chi connectivity index (χ4v) is 2.05. The van der Waals surface area contributed by atoms with Crippen molar-refractivity contribution >= 4 is 5.97 Å². The number of rotatable bonds is 3. The molecule has 0 bridgehead atoms. The Bertz CT molecular complexity index is 184. The molecule has 0 aromatic rings. The van der Waals surface area contributed by atoms with E-state index in [0.29, 0.717) is 18.4 Å². The van der Waals surface area contributed by atoms with Gasteiger partial charge in [-0.15, -0.1) is 0 Å². The van der Waals surface area contributed by atoms with Crippen molar-refractivity contribution in [3.05, 3.63) is 0 Å². The van der Waals surface area contributed by atoms with Gasteiger partial charge in [-0.3, -0.25) is 4.79 Å². The lowest BCUT2D eigenvalue weighted by Gasteiger charge is -2.34. The van der Waals surface area contributed by atoms with Crippen LogP contribution in [0.1, 0.15) is 12.8 Å². The van der Waals surface area contributed by atoms with Gasteiger partial charge in [0.1, 0.15) is 0 Å². The Morgan fingerprint density at radius 3 is 2.85 bits per heavy atom. The highest BCUT2D eigenvalue weighted by Gasteiger charge is 2.25. The van der Waals surface area contributed by atoms with Crippen molar-refractivity contribution < 1.29 is 9.90 Å². The molecule has 0 spiro atoms. The number of piperidine rings is 1. The number of hydrogen-bond donors (Lipinski definition) is 2. The molecule has 1 fully saturated rings. The van der Waals surface area contributed by atoms with E-state index in [1.165, 1.54) is 0 Å². The molecule has 2 N–H and O–H groups in total. The molecule has 0 aromatic heterocycles. The summed E-state index contributed by atoms with van der Waals surface area (Å²) in [6.45, 7) is 1.93. The molecular formula is C9H18N2O2. The number of likely N-dealkylation sites (tertiary alicyclic amines) is 1. The Labute approximate surface area is 78.9 Å². The first-order valence-corrected chi connectivity index (χ1v) is 4.69. The Kier molecular flexibility index (Phi) is 3.69. The maximum absolute atomic E-state index is 10.5. The molecule has 1 saturated heterocycles. The summed E-state index contributed by atoms with van der Waals surface area (Å²) in [6, 6.07) is 0.447. The number of carbonyl (C=O) groups is 1. The van der Waals surface area contributed by atoms with Gasteiger partial charge in [-0.25, -0.2) is 0 Å². The molecule has 0 radical (unpaired) electrons. The summed E-state index contributed by atoms with van der Waals surface area (Å²) in [5, 5.41) is 11.9. The second kappa shape index (κ2) is 4.58. The normalized spacial score (nSPS) is 30.3. The minimum atomic E-state index is -0.685. The van der Waals surface area contributed by atoms with Gasteiger partial charge in [0.15, 0.2) is 0 Å². The molecule has 2 unspecified atom stereocenters. The number of carboxylic acids is 1. The van der Waals surface area contributed by atoms with Crippen LogP contribution < -0.4 is 5.32 Å². The van der Waals surface area contributed by atoms with Gasteiger partial charge in [-0.1, -0.05) is 0 Å². The average molecular weight is 186 g/mol. The van der Waals surface area contributed by atoms with Crippen molar-refractivity contribution in [3.8, 4) is 0 Å². The number of nitrogens with one attached hydrogen (secondary N) is 1. The van der Waals surface area contributed by atoms with E-state index in [1.807, 2.05) is 14.1 Å². The Hall–Kier alpha value is -0.610. The summed E-state index contributed by atoms with van der Waals surface area (Å²) in [5.74, 6) is -0.385. The third-order valence-corrected chi connectivity index (χ3v) is 2.59. The molecule has 4 nitrogen and oxygen atoms in total. The van der Waals surface area contributed by atoms with Crippen LogP contribution in [0.2, 0.25) is 0 Å². The molecule has 1 rings (SSSR count). The molecule has 0 amide bonds. The first-order chi connectivity index (χ1) is 6.11. The molecule has 13 heavy (non-hydrogen) atoms. The summed E-state index contributed by atoms with van der Waals surface area (Å²) in [5.41, 5.74) is 0. The van der Waals surface area contributed by atoms with Crippen LogP contribution in [0.15, 0.2) is 0 Å². The van der Waals surface area contributed by atoms with Gasteiger partial charge in [-0.2, -0.15) is 0 Å². The van der Waals surface area contributed by atoms with E-state index in [1.54, 1.807) is 0 Å². The SMILES string of the molecule is CNC1CC(CC(=O)O)CN(C)C1. The molecule has 1 heterocycles. The Balaban J connectivity index is 2.42. The third kappa shape index (κ3) is 3.32. The van der Waals surface area contributed by atoms with Crippen LogP contribution in [-0.2, 0) is 4.79 Å². The van der Waals surface area contributed by atoms with Crippen molar-refractivity contribution in [1.29, 1.82) is 0 Å². The Morgan fingerprint density at radius 2 is 2.31 bits per heavy atom. The summed E-state index contributed by atoms with van der Waals surface area (Å²) < 4.78 is 0. The van der Waals surface area contributed by atoms with Crippen LogP contribution in [0.4, 0.5) is 0 Å². The van der Waals surface area contributed by atoms with Crippen molar-refractivity contribution in [1.82, 2.24) is 10.2 Å². The zero-order chi connectivity index (χ0) is 9.84. The topological polar surface area (TPSA) is 52.6 Å². The van der Waals surface area contributed by atoms with Gasteiger partial charge in [0.05, 0.1) is 0 Å². The molecule has 0 aliphatic carbocycles. The highest BCUT2D eigenvalue weighted by molar-refractivity contribution is 5.67. The molecule has 76 valence electrons. The predicted octanol–water partition coefficient (Wildman–Crippen LogP) is 0.000800. The van der Waals surface area contributed by atoms with Crippen LogP contribution in [-0.4, -0.2) is 49.2 Å². The van der Waals surface area contributed by atoms with Crippen molar-refractivity contribution in [2.24, 2.45) is 5.92 Å². The quantitative estimate of drug-likeness (QED) is 0.651. The summed E-state index contributed by atoms with van der Waals surface area (Å²) >= 11 is 0. The molecule has 2 atom stereocenters. The fraction of sp³-hybridized carbons (Fsp3) is 0.889. The van der Waals surface area contributed by atoms with Crippen molar-refractivity contribution in [3.63, 3.8) is 0 Å². The van der Waals surface area contributed by atoms with Crippen LogP contribution in [0, 0.1) is 5.92 Å². The van der Waals surface area contributed by atoms with E-state index < -0.39 is 5.97 Å². The minimum absolute atomic E-state index is 0.294. The average Bonchev–Trinajstić information content (AvgIpc) is 2.01. The number of likely N-dealkylation sites (N-methyl/N-ethyl adjacent to an activating group) is 2. The maximum atomic E-state index is 10.5. The van der Waals surface area contributed by atoms with Crippen LogP contribution in [0.25, 0.3) is 0 Å². The number of hydrogen-bond acceptors (Lipinski definition) is 3. The van der Waals surface area contributed by atoms with E-state index >= 15 is 0 Å². The zero-order valence-electron chi connectivity index (χ0n) is 8.29. The number of nitrogens with zero attached hydrogens (tertiary/aromatic N) is 1. The van der Waals surface area contributed by atoms with Gasteiger partial charge >= 0.3 is 5.97 Å². The van der Waals surface area contributed by atoms with E-state index in [-0.39, 0.29) is 0 Å². The van der Waals surface area contributed by atoms with E-state index in [2.05, 4.69) is 10.2 Å². The number of aliphatic carboxylic acids is 1. The fourth-order valence-electron chi connectivity index (χ4n) is 2.05. The Morgan fingerprint density at radius 1 is 1.62 bits per heavy atom. The zero-order valence-corrected chi connectivity index (χ0v) is 8.29. The predicted molar refractivity (Wildman–Crippen MR) is 50.7 cm³/mol. The molecule has 4 heteroatoms. The van der Waals surface area contributed by atoms with Gasteiger partial charge in [0, 0.05) is 25.6 Å². The second-order valence-electron chi connectivity index (χ2n) is 3.91. The maximum Gasteiger partial charge on any atom is 0.303 e. The molecule has 1 aliphatic heterocycles. The number of carboxylic acid groups (broad SMARTS) is 1. The molecule has 0 aromatic carbocycles. The summed E-state index contributed by atoms with van der Waals surface area (Å²) in [6.07, 6.45) is 1.27. The summed E-state index contributed by atoms with van der Waals surface area (Å²) in [4.78, 5) is 12.7. The van der Waals surface area contributed by atoms with Crippen molar-refractivity contribution in [2.75, 3.05) is 27.2 Å².